The molecule has 1 heterocycles. The Morgan fingerprint density at radius 2 is 2.11 bits per heavy atom. The lowest BCUT2D eigenvalue weighted by Crippen LogP contribution is -2.15. The first-order chi connectivity index (χ1) is 8.81. The molecule has 1 atom stereocenters. The molecule has 0 spiro atoms. The fourth-order valence-corrected chi connectivity index (χ4v) is 1.69. The van der Waals surface area contributed by atoms with E-state index in [2.05, 4.69) is 17.2 Å². The van der Waals surface area contributed by atoms with E-state index in [-0.39, 0.29) is 6.61 Å². The molecule has 2 aromatic rings. The van der Waals surface area contributed by atoms with Crippen LogP contribution in [0, 0.1) is 0 Å². The van der Waals surface area contributed by atoms with Gasteiger partial charge in [-0.2, -0.15) is 0 Å². The van der Waals surface area contributed by atoms with Gasteiger partial charge in [0.15, 0.2) is 0 Å². The fraction of sp³-hybridized carbons (Fsp3) is 0.385. The first-order valence-corrected chi connectivity index (χ1v) is 6.05. The summed E-state index contributed by atoms with van der Waals surface area (Å²) in [5, 5.41) is 17.8. The molecular formula is C13H17N3O2. The molecule has 0 radical (unpaired) electrons. The van der Waals surface area contributed by atoms with E-state index in [1.807, 2.05) is 30.3 Å². The second-order valence-electron chi connectivity index (χ2n) is 4.02. The molecule has 1 unspecified atom stereocenters. The Morgan fingerprint density at radius 3 is 2.83 bits per heavy atom. The van der Waals surface area contributed by atoms with Crippen molar-refractivity contribution in [3.8, 4) is 5.75 Å². The van der Waals surface area contributed by atoms with Crippen molar-refractivity contribution in [3.63, 3.8) is 0 Å². The summed E-state index contributed by atoms with van der Waals surface area (Å²) in [6, 6.07) is 9.42. The van der Waals surface area contributed by atoms with Crippen LogP contribution in [0.1, 0.15) is 25.1 Å². The summed E-state index contributed by atoms with van der Waals surface area (Å²) in [4.78, 5) is 0. The molecule has 1 aromatic carbocycles. The normalized spacial score (nSPS) is 12.3. The van der Waals surface area contributed by atoms with E-state index in [0.29, 0.717) is 5.69 Å². The zero-order valence-electron chi connectivity index (χ0n) is 10.4. The minimum atomic E-state index is -0.716. The Bertz CT molecular complexity index is 470. The van der Waals surface area contributed by atoms with E-state index in [4.69, 9.17) is 4.74 Å². The standard InChI is InChI=1S/C13H17N3O2/c1-2-8-16-12(9-14-15-16)13(17)10-18-11-6-4-3-5-7-11/h3-7,9,13,17H,2,8,10H2,1H3. The number of hydrogen-bond acceptors (Lipinski definition) is 4. The van der Waals surface area contributed by atoms with Crippen molar-refractivity contribution in [1.29, 1.82) is 0 Å². The van der Waals surface area contributed by atoms with Crippen molar-refractivity contribution < 1.29 is 9.84 Å². The van der Waals surface area contributed by atoms with Crippen LogP contribution in [0.15, 0.2) is 36.5 Å². The van der Waals surface area contributed by atoms with E-state index < -0.39 is 6.10 Å². The maximum atomic E-state index is 10.1. The van der Waals surface area contributed by atoms with Crippen LogP contribution in [0.2, 0.25) is 0 Å². The number of benzene rings is 1. The van der Waals surface area contributed by atoms with E-state index >= 15 is 0 Å². The molecule has 1 N–H and O–H groups in total. The minimum Gasteiger partial charge on any atom is -0.490 e. The van der Waals surface area contributed by atoms with Crippen molar-refractivity contribution in [2.24, 2.45) is 0 Å². The van der Waals surface area contributed by atoms with Crippen molar-refractivity contribution in [1.82, 2.24) is 15.0 Å². The van der Waals surface area contributed by atoms with E-state index in [0.717, 1.165) is 18.7 Å². The summed E-state index contributed by atoms with van der Waals surface area (Å²) in [5.74, 6) is 0.742. The molecule has 0 amide bonds. The van der Waals surface area contributed by atoms with Crippen LogP contribution in [0.3, 0.4) is 0 Å². The monoisotopic (exact) mass is 247 g/mol. The lowest BCUT2D eigenvalue weighted by atomic mass is 10.3. The van der Waals surface area contributed by atoms with Gasteiger partial charge >= 0.3 is 0 Å². The number of aliphatic hydroxyl groups excluding tert-OH is 1. The Morgan fingerprint density at radius 1 is 1.33 bits per heavy atom. The van der Waals surface area contributed by atoms with Gasteiger partial charge in [0.1, 0.15) is 18.5 Å². The molecule has 1 aromatic heterocycles. The number of aromatic nitrogens is 3. The Kier molecular flexibility index (Phi) is 4.30. The van der Waals surface area contributed by atoms with Crippen LogP contribution >= 0.6 is 0 Å². The molecule has 0 fully saturated rings. The van der Waals surface area contributed by atoms with Gasteiger partial charge in [-0.05, 0) is 18.6 Å². The lowest BCUT2D eigenvalue weighted by Gasteiger charge is -2.13. The molecule has 2 rings (SSSR count). The number of aliphatic hydroxyl groups is 1. The third kappa shape index (κ3) is 3.07. The summed E-state index contributed by atoms with van der Waals surface area (Å²) in [5.41, 5.74) is 0.688. The van der Waals surface area contributed by atoms with Crippen molar-refractivity contribution in [3.05, 3.63) is 42.2 Å². The van der Waals surface area contributed by atoms with Crippen LogP contribution in [0.5, 0.6) is 5.75 Å². The first-order valence-electron chi connectivity index (χ1n) is 6.05. The zero-order valence-corrected chi connectivity index (χ0v) is 10.4. The molecule has 5 nitrogen and oxygen atoms in total. The van der Waals surface area contributed by atoms with Gasteiger partial charge in [0.2, 0.25) is 0 Å². The maximum Gasteiger partial charge on any atom is 0.131 e. The number of nitrogens with zero attached hydrogens (tertiary/aromatic N) is 3. The van der Waals surface area contributed by atoms with E-state index in [1.165, 1.54) is 0 Å². The SMILES string of the molecule is CCCn1nncc1C(O)COc1ccccc1. The second kappa shape index (κ2) is 6.16. The van der Waals surface area contributed by atoms with Crippen molar-refractivity contribution in [2.45, 2.75) is 26.0 Å². The average Bonchev–Trinajstić information content (AvgIpc) is 2.86. The third-order valence-corrected chi connectivity index (χ3v) is 2.58. The van der Waals surface area contributed by atoms with Gasteiger partial charge in [-0.1, -0.05) is 30.3 Å². The highest BCUT2D eigenvalue weighted by atomic mass is 16.5. The average molecular weight is 247 g/mol. The van der Waals surface area contributed by atoms with Gasteiger partial charge in [-0.15, -0.1) is 5.10 Å². The van der Waals surface area contributed by atoms with Crippen LogP contribution in [-0.4, -0.2) is 26.7 Å². The van der Waals surface area contributed by atoms with Crippen molar-refractivity contribution in [2.75, 3.05) is 6.61 Å². The molecule has 0 aliphatic carbocycles. The molecule has 0 aliphatic heterocycles. The summed E-state index contributed by atoms with van der Waals surface area (Å²) in [7, 11) is 0. The van der Waals surface area contributed by atoms with Crippen molar-refractivity contribution >= 4 is 0 Å². The Balaban J connectivity index is 1.95. The van der Waals surface area contributed by atoms with Crippen LogP contribution in [-0.2, 0) is 6.54 Å². The predicted octanol–water partition coefficient (Wildman–Crippen LogP) is 1.80. The molecule has 0 aliphatic rings. The van der Waals surface area contributed by atoms with E-state index in [1.54, 1.807) is 10.9 Å². The summed E-state index contributed by atoms with van der Waals surface area (Å²) < 4.78 is 7.21. The molecular weight excluding hydrogens is 230 g/mol. The number of ether oxygens (including phenoxy) is 1. The molecule has 0 bridgehead atoms. The number of hydrogen-bond donors (Lipinski definition) is 1. The van der Waals surface area contributed by atoms with Gasteiger partial charge in [0.05, 0.1) is 11.9 Å². The fourth-order valence-electron chi connectivity index (χ4n) is 1.69. The predicted molar refractivity (Wildman–Crippen MR) is 67.2 cm³/mol. The van der Waals surface area contributed by atoms with Crippen LogP contribution < -0.4 is 4.74 Å². The van der Waals surface area contributed by atoms with E-state index in [9.17, 15) is 5.11 Å². The minimum absolute atomic E-state index is 0.196. The van der Waals surface area contributed by atoms with Gasteiger partial charge in [-0.3, -0.25) is 0 Å². The highest BCUT2D eigenvalue weighted by Gasteiger charge is 2.14. The maximum absolute atomic E-state index is 10.1. The zero-order chi connectivity index (χ0) is 12.8. The highest BCUT2D eigenvalue weighted by Crippen LogP contribution is 2.15. The Hall–Kier alpha value is -1.88. The highest BCUT2D eigenvalue weighted by molar-refractivity contribution is 5.21. The summed E-state index contributed by atoms with van der Waals surface area (Å²) in [6.07, 6.45) is 1.81. The molecule has 0 saturated heterocycles. The summed E-state index contributed by atoms with van der Waals surface area (Å²) >= 11 is 0. The van der Waals surface area contributed by atoms with Crippen LogP contribution in [0.25, 0.3) is 0 Å². The van der Waals surface area contributed by atoms with Gasteiger partial charge in [-0.25, -0.2) is 4.68 Å². The molecule has 96 valence electrons. The topological polar surface area (TPSA) is 60.2 Å². The van der Waals surface area contributed by atoms with Crippen LogP contribution in [0.4, 0.5) is 0 Å². The second-order valence-corrected chi connectivity index (χ2v) is 4.02. The smallest absolute Gasteiger partial charge is 0.131 e. The quantitative estimate of drug-likeness (QED) is 0.845. The molecule has 18 heavy (non-hydrogen) atoms. The Labute approximate surface area is 106 Å². The largest absolute Gasteiger partial charge is 0.490 e. The first kappa shape index (κ1) is 12.6. The number of para-hydroxylation sites is 1. The van der Waals surface area contributed by atoms with Gasteiger partial charge in [0, 0.05) is 6.54 Å². The number of rotatable bonds is 6. The third-order valence-electron chi connectivity index (χ3n) is 2.58. The lowest BCUT2D eigenvalue weighted by molar-refractivity contribution is 0.0999. The number of aryl methyl sites for hydroxylation is 1. The summed E-state index contributed by atoms with van der Waals surface area (Å²) in [6.45, 7) is 3.00. The molecule has 0 saturated carbocycles. The molecule has 5 heteroatoms. The van der Waals surface area contributed by atoms with Gasteiger partial charge < -0.3 is 9.84 Å². The van der Waals surface area contributed by atoms with Gasteiger partial charge in [0.25, 0.3) is 0 Å².